The Morgan fingerprint density at radius 3 is 2.64 bits per heavy atom. The van der Waals surface area contributed by atoms with E-state index in [1.165, 1.54) is 18.4 Å². The molecule has 2 aliphatic rings. The van der Waals surface area contributed by atoms with Gasteiger partial charge in [-0.2, -0.15) is 0 Å². The zero-order valence-corrected chi connectivity index (χ0v) is 17.0. The number of aromatic nitrogens is 2. The Balaban J connectivity index is 1.42. The molecule has 150 valence electrons. The molecule has 2 aliphatic heterocycles. The van der Waals surface area contributed by atoms with Crippen LogP contribution in [0.1, 0.15) is 18.4 Å². The number of anilines is 2. The number of nitrogens with zero attached hydrogens (tertiary/aromatic N) is 5. The molecule has 1 atom stereocenters. The molecule has 1 aromatic carbocycles. The lowest BCUT2D eigenvalue weighted by atomic mass is 10.0. The molecule has 3 heterocycles. The van der Waals surface area contributed by atoms with E-state index in [-0.39, 0.29) is 0 Å². The molecule has 0 bridgehead atoms. The maximum Gasteiger partial charge on any atom is 0.161 e. The molecule has 1 aromatic heterocycles. The van der Waals surface area contributed by atoms with Crippen molar-refractivity contribution in [3.63, 3.8) is 0 Å². The summed E-state index contributed by atoms with van der Waals surface area (Å²) in [6.45, 7) is 4.32. The average Bonchev–Trinajstić information content (AvgIpc) is 2.73. The van der Waals surface area contributed by atoms with Gasteiger partial charge in [-0.15, -0.1) is 0 Å². The average molecular weight is 383 g/mol. The molecule has 1 fully saturated rings. The van der Waals surface area contributed by atoms with Crippen molar-refractivity contribution in [1.29, 1.82) is 0 Å². The van der Waals surface area contributed by atoms with Crippen LogP contribution in [0.2, 0.25) is 0 Å². The summed E-state index contributed by atoms with van der Waals surface area (Å²) >= 11 is 0. The number of rotatable bonds is 5. The zero-order chi connectivity index (χ0) is 19.5. The topological polar surface area (TPSA) is 54.0 Å². The van der Waals surface area contributed by atoms with Gasteiger partial charge in [0.2, 0.25) is 0 Å². The van der Waals surface area contributed by atoms with E-state index >= 15 is 0 Å². The summed E-state index contributed by atoms with van der Waals surface area (Å²) in [5.74, 6) is 3.63. The van der Waals surface area contributed by atoms with Gasteiger partial charge in [-0.3, -0.25) is 4.90 Å². The summed E-state index contributed by atoms with van der Waals surface area (Å²) in [6, 6.07) is 8.79. The highest BCUT2D eigenvalue weighted by Gasteiger charge is 2.25. The van der Waals surface area contributed by atoms with E-state index in [4.69, 9.17) is 9.47 Å². The molecule has 0 spiro atoms. The van der Waals surface area contributed by atoms with Crippen LogP contribution in [0.15, 0.2) is 30.6 Å². The summed E-state index contributed by atoms with van der Waals surface area (Å²) in [4.78, 5) is 15.6. The molecule has 0 amide bonds. The fourth-order valence-electron chi connectivity index (χ4n) is 3.90. The lowest BCUT2D eigenvalue weighted by Crippen LogP contribution is -2.46. The van der Waals surface area contributed by atoms with Crippen LogP contribution in [0.25, 0.3) is 0 Å². The van der Waals surface area contributed by atoms with Crippen molar-refractivity contribution in [3.05, 3.63) is 36.2 Å². The van der Waals surface area contributed by atoms with E-state index in [9.17, 15) is 0 Å². The molecule has 1 unspecified atom stereocenters. The van der Waals surface area contributed by atoms with Crippen molar-refractivity contribution < 1.29 is 9.47 Å². The smallest absolute Gasteiger partial charge is 0.161 e. The maximum atomic E-state index is 5.73. The van der Waals surface area contributed by atoms with Crippen LogP contribution in [0, 0.1) is 0 Å². The lowest BCUT2D eigenvalue weighted by molar-refractivity contribution is 0.170. The van der Waals surface area contributed by atoms with E-state index < -0.39 is 0 Å². The second kappa shape index (κ2) is 8.22. The van der Waals surface area contributed by atoms with Gasteiger partial charge in [-0.25, -0.2) is 9.97 Å². The summed E-state index contributed by atoms with van der Waals surface area (Å²) < 4.78 is 11.4. The highest BCUT2D eigenvalue weighted by molar-refractivity contribution is 5.49. The van der Waals surface area contributed by atoms with Crippen LogP contribution in [0.3, 0.4) is 0 Å². The molecule has 1 saturated heterocycles. The monoisotopic (exact) mass is 383 g/mol. The van der Waals surface area contributed by atoms with Gasteiger partial charge in [0.05, 0.1) is 0 Å². The maximum absolute atomic E-state index is 5.73. The van der Waals surface area contributed by atoms with Crippen molar-refractivity contribution in [3.8, 4) is 11.5 Å². The highest BCUT2D eigenvalue weighted by Crippen LogP contribution is 2.31. The van der Waals surface area contributed by atoms with E-state index in [1.807, 2.05) is 25.1 Å². The Bertz CT molecular complexity index is 813. The third kappa shape index (κ3) is 4.14. The first-order valence-electron chi connectivity index (χ1n) is 9.93. The first-order valence-corrected chi connectivity index (χ1v) is 9.93. The lowest BCUT2D eigenvalue weighted by Gasteiger charge is -2.38. The van der Waals surface area contributed by atoms with E-state index in [2.05, 4.69) is 45.0 Å². The predicted octanol–water partition coefficient (Wildman–Crippen LogP) is 2.41. The summed E-state index contributed by atoms with van der Waals surface area (Å²) in [5.41, 5.74) is 1.27. The Kier molecular flexibility index (Phi) is 5.52. The van der Waals surface area contributed by atoms with Crippen LogP contribution in [0.5, 0.6) is 11.5 Å². The van der Waals surface area contributed by atoms with Gasteiger partial charge >= 0.3 is 0 Å². The predicted molar refractivity (Wildman–Crippen MR) is 110 cm³/mol. The first kappa shape index (κ1) is 18.8. The van der Waals surface area contributed by atoms with Crippen molar-refractivity contribution in [2.75, 3.05) is 57.2 Å². The minimum absolute atomic E-state index is 0.441. The van der Waals surface area contributed by atoms with Crippen LogP contribution >= 0.6 is 0 Å². The molecule has 4 rings (SSSR count). The van der Waals surface area contributed by atoms with Gasteiger partial charge in [0.25, 0.3) is 0 Å². The minimum atomic E-state index is 0.441. The molecule has 0 aliphatic carbocycles. The fraction of sp³-hybridized carbons (Fsp3) is 0.524. The molecule has 0 radical (unpaired) electrons. The number of likely N-dealkylation sites (tertiary alicyclic amines) is 1. The standard InChI is InChI=1S/C21H29N5O2/c1-24(2)20-12-21(23-15-22-20)25(3)17-5-4-8-26(14-17)13-16-6-7-18-19(11-16)28-10-9-27-18/h6-7,11-12,15,17H,4-5,8-10,13-14H2,1-3H3. The van der Waals surface area contributed by atoms with Crippen LogP contribution < -0.4 is 19.3 Å². The Morgan fingerprint density at radius 2 is 1.82 bits per heavy atom. The van der Waals surface area contributed by atoms with Crippen molar-refractivity contribution in [2.45, 2.75) is 25.4 Å². The molecular weight excluding hydrogens is 354 g/mol. The first-order chi connectivity index (χ1) is 13.6. The largest absolute Gasteiger partial charge is 0.486 e. The SMILES string of the molecule is CN(C)c1cc(N(C)C2CCCN(Cc3ccc4c(c3)OCCO4)C2)ncn1. The Labute approximate surface area is 166 Å². The second-order valence-electron chi connectivity index (χ2n) is 7.75. The minimum Gasteiger partial charge on any atom is -0.486 e. The summed E-state index contributed by atoms with van der Waals surface area (Å²) in [6.07, 6.45) is 4.01. The molecule has 0 N–H and O–H groups in total. The molecule has 2 aromatic rings. The number of hydrogen-bond donors (Lipinski definition) is 0. The molecule has 7 nitrogen and oxygen atoms in total. The van der Waals surface area contributed by atoms with Crippen LogP contribution in [0.4, 0.5) is 11.6 Å². The number of piperidine rings is 1. The van der Waals surface area contributed by atoms with Crippen molar-refractivity contribution in [1.82, 2.24) is 14.9 Å². The number of benzene rings is 1. The number of hydrogen-bond acceptors (Lipinski definition) is 7. The third-order valence-electron chi connectivity index (χ3n) is 5.50. The fourth-order valence-corrected chi connectivity index (χ4v) is 3.90. The van der Waals surface area contributed by atoms with Gasteiger partial charge in [-0.05, 0) is 37.1 Å². The highest BCUT2D eigenvalue weighted by atomic mass is 16.6. The molecule has 7 heteroatoms. The third-order valence-corrected chi connectivity index (χ3v) is 5.50. The van der Waals surface area contributed by atoms with E-state index in [0.29, 0.717) is 19.3 Å². The van der Waals surface area contributed by atoms with Gasteiger partial charge in [0.15, 0.2) is 11.5 Å². The molecular formula is C21H29N5O2. The van der Waals surface area contributed by atoms with Gasteiger partial charge in [0, 0.05) is 46.3 Å². The van der Waals surface area contributed by atoms with Crippen LogP contribution in [-0.2, 0) is 6.54 Å². The van der Waals surface area contributed by atoms with E-state index in [1.54, 1.807) is 6.33 Å². The normalized spacial score (nSPS) is 19.3. The second-order valence-corrected chi connectivity index (χ2v) is 7.75. The van der Waals surface area contributed by atoms with Gasteiger partial charge < -0.3 is 19.3 Å². The quantitative estimate of drug-likeness (QED) is 0.786. The molecule has 28 heavy (non-hydrogen) atoms. The van der Waals surface area contributed by atoms with Crippen molar-refractivity contribution in [2.24, 2.45) is 0 Å². The van der Waals surface area contributed by atoms with Crippen molar-refractivity contribution >= 4 is 11.6 Å². The van der Waals surface area contributed by atoms with E-state index in [0.717, 1.165) is 42.8 Å². The number of ether oxygens (including phenoxy) is 2. The van der Waals surface area contributed by atoms with Gasteiger partial charge in [0.1, 0.15) is 31.2 Å². The van der Waals surface area contributed by atoms with Gasteiger partial charge in [-0.1, -0.05) is 6.07 Å². The Hall–Kier alpha value is -2.54. The summed E-state index contributed by atoms with van der Waals surface area (Å²) in [5, 5.41) is 0. The summed E-state index contributed by atoms with van der Waals surface area (Å²) in [7, 11) is 6.14. The van der Waals surface area contributed by atoms with Crippen LogP contribution in [-0.4, -0.2) is 68.4 Å². The zero-order valence-electron chi connectivity index (χ0n) is 17.0. The Morgan fingerprint density at radius 1 is 1.04 bits per heavy atom. The number of likely N-dealkylation sites (N-methyl/N-ethyl adjacent to an activating group) is 1. The molecule has 0 saturated carbocycles. The number of fused-ring (bicyclic) bond motifs is 1.